The molecular formula is C19H21F3N6O3S. The van der Waals surface area contributed by atoms with Crippen molar-refractivity contribution < 1.29 is 26.7 Å². The SMILES string of the molecule is C[C@](O)(c1cnc(N2CCN(CC#CS(=O)(=O)c3ccc(N)nc3)CC2)nc1)C(F)(F)F. The maximum Gasteiger partial charge on any atom is 0.421 e. The molecule has 1 aliphatic rings. The maximum atomic E-state index is 12.9. The number of nitrogens with two attached hydrogens (primary N) is 1. The number of alkyl halides is 3. The minimum Gasteiger partial charge on any atom is -0.384 e. The lowest BCUT2D eigenvalue weighted by Crippen LogP contribution is -2.47. The molecular weight excluding hydrogens is 449 g/mol. The Morgan fingerprint density at radius 3 is 2.25 bits per heavy atom. The first kappa shape index (κ1) is 23.7. The number of sulfone groups is 1. The first-order valence-electron chi connectivity index (χ1n) is 9.45. The van der Waals surface area contributed by atoms with E-state index in [4.69, 9.17) is 5.73 Å². The van der Waals surface area contributed by atoms with Gasteiger partial charge in [0.05, 0.1) is 11.4 Å². The van der Waals surface area contributed by atoms with Crippen LogP contribution in [0, 0.1) is 11.2 Å². The summed E-state index contributed by atoms with van der Waals surface area (Å²) in [6, 6.07) is 2.72. The van der Waals surface area contributed by atoms with E-state index in [9.17, 15) is 26.7 Å². The lowest BCUT2D eigenvalue weighted by atomic mass is 9.99. The third kappa shape index (κ3) is 5.26. The number of rotatable bonds is 4. The second-order valence-electron chi connectivity index (χ2n) is 7.31. The monoisotopic (exact) mass is 470 g/mol. The molecule has 13 heteroatoms. The summed E-state index contributed by atoms with van der Waals surface area (Å²) in [5.41, 5.74) is 1.97. The van der Waals surface area contributed by atoms with E-state index in [2.05, 4.69) is 26.1 Å². The molecule has 3 heterocycles. The predicted octanol–water partition coefficient (Wildman–Crippen LogP) is 0.780. The van der Waals surface area contributed by atoms with Crippen LogP contribution in [0.2, 0.25) is 0 Å². The fourth-order valence-corrected chi connectivity index (χ4v) is 3.67. The summed E-state index contributed by atoms with van der Waals surface area (Å²) in [4.78, 5) is 15.3. The van der Waals surface area contributed by atoms with Crippen LogP contribution in [0.15, 0.2) is 35.6 Å². The first-order chi connectivity index (χ1) is 14.9. The molecule has 32 heavy (non-hydrogen) atoms. The highest BCUT2D eigenvalue weighted by Gasteiger charge is 2.51. The third-order valence-corrected chi connectivity index (χ3v) is 6.26. The molecule has 0 amide bonds. The average Bonchev–Trinajstić information content (AvgIpc) is 2.74. The normalized spacial score (nSPS) is 17.3. The van der Waals surface area contributed by atoms with Gasteiger partial charge in [0.1, 0.15) is 5.82 Å². The van der Waals surface area contributed by atoms with Crippen molar-refractivity contribution in [2.75, 3.05) is 43.4 Å². The molecule has 0 spiro atoms. The number of aromatic nitrogens is 3. The second kappa shape index (κ2) is 8.89. The highest BCUT2D eigenvalue weighted by Crippen LogP contribution is 2.38. The number of nitrogens with zero attached hydrogens (tertiary/aromatic N) is 5. The molecule has 3 rings (SSSR count). The van der Waals surface area contributed by atoms with Crippen molar-refractivity contribution in [3.63, 3.8) is 0 Å². The highest BCUT2D eigenvalue weighted by atomic mass is 32.2. The molecule has 2 aromatic heterocycles. The summed E-state index contributed by atoms with van der Waals surface area (Å²) >= 11 is 0. The fraction of sp³-hybridized carbons (Fsp3) is 0.421. The molecule has 9 nitrogen and oxygen atoms in total. The minimum atomic E-state index is -4.84. The predicted molar refractivity (Wildman–Crippen MR) is 110 cm³/mol. The van der Waals surface area contributed by atoms with Gasteiger partial charge in [-0.3, -0.25) is 4.90 Å². The van der Waals surface area contributed by atoms with Crippen LogP contribution in [0.1, 0.15) is 12.5 Å². The van der Waals surface area contributed by atoms with Gasteiger partial charge in [-0.05, 0) is 19.1 Å². The van der Waals surface area contributed by atoms with Crippen LogP contribution in [0.3, 0.4) is 0 Å². The van der Waals surface area contributed by atoms with Gasteiger partial charge in [-0.15, -0.1) is 0 Å². The highest BCUT2D eigenvalue weighted by molar-refractivity contribution is 7.96. The Bertz CT molecular complexity index is 1100. The van der Waals surface area contributed by atoms with Gasteiger partial charge in [0.2, 0.25) is 15.8 Å². The van der Waals surface area contributed by atoms with Crippen molar-refractivity contribution in [2.24, 2.45) is 0 Å². The van der Waals surface area contributed by atoms with Gasteiger partial charge in [-0.25, -0.2) is 23.4 Å². The lowest BCUT2D eigenvalue weighted by Gasteiger charge is -2.34. The third-order valence-electron chi connectivity index (χ3n) is 4.99. The molecule has 3 N–H and O–H groups in total. The fourth-order valence-electron chi connectivity index (χ4n) is 2.85. The van der Waals surface area contributed by atoms with Gasteiger partial charge in [0.15, 0.2) is 5.60 Å². The Kier molecular flexibility index (Phi) is 6.59. The largest absolute Gasteiger partial charge is 0.421 e. The second-order valence-corrected chi connectivity index (χ2v) is 8.99. The summed E-state index contributed by atoms with van der Waals surface area (Å²) in [7, 11) is -3.80. The Hall–Kier alpha value is -2.95. The molecule has 0 saturated carbocycles. The molecule has 0 bridgehead atoms. The summed E-state index contributed by atoms with van der Waals surface area (Å²) < 4.78 is 63.2. The van der Waals surface area contributed by atoms with Crippen LogP contribution < -0.4 is 10.6 Å². The van der Waals surface area contributed by atoms with E-state index in [-0.39, 0.29) is 23.2 Å². The van der Waals surface area contributed by atoms with Crippen LogP contribution in [0.25, 0.3) is 0 Å². The van der Waals surface area contributed by atoms with E-state index in [1.54, 1.807) is 4.90 Å². The summed E-state index contributed by atoms with van der Waals surface area (Å²) in [6.07, 6.45) is -1.77. The zero-order valence-electron chi connectivity index (χ0n) is 17.0. The maximum absolute atomic E-state index is 12.9. The number of piperazine rings is 1. The first-order valence-corrected chi connectivity index (χ1v) is 10.9. The van der Waals surface area contributed by atoms with E-state index in [1.807, 2.05) is 4.90 Å². The molecule has 0 radical (unpaired) electrons. The van der Waals surface area contributed by atoms with Crippen LogP contribution in [0.4, 0.5) is 24.9 Å². The average molecular weight is 470 g/mol. The van der Waals surface area contributed by atoms with Gasteiger partial charge < -0.3 is 15.7 Å². The summed E-state index contributed by atoms with van der Waals surface area (Å²) in [5.74, 6) is 3.10. The van der Waals surface area contributed by atoms with Crippen molar-refractivity contribution in [3.8, 4) is 11.2 Å². The Balaban J connectivity index is 1.56. The van der Waals surface area contributed by atoms with Crippen LogP contribution in [-0.2, 0) is 15.4 Å². The standard InChI is InChI=1S/C19H21F3N6O3S/c1-18(29,19(20,21)22)14-11-25-17(26-12-14)28-8-6-27(7-9-28)5-2-10-32(30,31)15-3-4-16(23)24-13-15/h3-4,11-13,29H,5-9H2,1H3,(H2,23,24)/t18-/m0/s1. The van der Waals surface area contributed by atoms with Crippen molar-refractivity contribution >= 4 is 21.6 Å². The molecule has 2 aromatic rings. The number of pyridine rings is 1. The van der Waals surface area contributed by atoms with E-state index in [0.717, 1.165) is 18.6 Å². The van der Waals surface area contributed by atoms with Gasteiger partial charge in [0.25, 0.3) is 0 Å². The van der Waals surface area contributed by atoms with Crippen molar-refractivity contribution in [2.45, 2.75) is 23.6 Å². The Morgan fingerprint density at radius 1 is 1.09 bits per heavy atom. The van der Waals surface area contributed by atoms with E-state index in [0.29, 0.717) is 33.1 Å². The molecule has 1 saturated heterocycles. The van der Waals surface area contributed by atoms with Gasteiger partial charge in [-0.2, -0.15) is 13.2 Å². The number of hydrogen-bond donors (Lipinski definition) is 2. The Morgan fingerprint density at radius 2 is 1.72 bits per heavy atom. The van der Waals surface area contributed by atoms with Crippen LogP contribution >= 0.6 is 0 Å². The molecule has 0 aromatic carbocycles. The summed E-state index contributed by atoms with van der Waals surface area (Å²) in [6.45, 7) is 2.89. The molecule has 1 atom stereocenters. The number of halogens is 3. The van der Waals surface area contributed by atoms with Crippen molar-refractivity contribution in [3.05, 3.63) is 36.3 Å². The van der Waals surface area contributed by atoms with Crippen LogP contribution in [-0.4, -0.2) is 72.3 Å². The quantitative estimate of drug-likeness (QED) is 0.493. The van der Waals surface area contributed by atoms with Crippen molar-refractivity contribution in [1.82, 2.24) is 19.9 Å². The van der Waals surface area contributed by atoms with E-state index >= 15 is 0 Å². The molecule has 172 valence electrons. The lowest BCUT2D eigenvalue weighted by molar-refractivity contribution is -0.259. The van der Waals surface area contributed by atoms with Gasteiger partial charge >= 0.3 is 6.18 Å². The topological polar surface area (TPSA) is 126 Å². The number of nitrogen functional groups attached to an aromatic ring is 1. The number of anilines is 2. The molecule has 0 aliphatic carbocycles. The number of aliphatic hydroxyl groups is 1. The zero-order valence-corrected chi connectivity index (χ0v) is 17.9. The van der Waals surface area contributed by atoms with Crippen LogP contribution in [0.5, 0.6) is 0 Å². The summed E-state index contributed by atoms with van der Waals surface area (Å²) in [5, 5.41) is 12.0. The van der Waals surface area contributed by atoms with Gasteiger partial charge in [-0.1, -0.05) is 5.92 Å². The minimum absolute atomic E-state index is 0.0332. The van der Waals surface area contributed by atoms with E-state index in [1.165, 1.54) is 12.1 Å². The van der Waals surface area contributed by atoms with E-state index < -0.39 is 27.2 Å². The van der Waals surface area contributed by atoms with Crippen molar-refractivity contribution in [1.29, 1.82) is 0 Å². The molecule has 0 unspecified atom stereocenters. The zero-order chi connectivity index (χ0) is 23.6. The molecule has 1 aliphatic heterocycles. The Labute approximate surface area is 183 Å². The number of hydrogen-bond acceptors (Lipinski definition) is 9. The molecule has 1 fully saturated rings. The van der Waals surface area contributed by atoms with Gasteiger partial charge in [0, 0.05) is 55.6 Å². The smallest absolute Gasteiger partial charge is 0.384 e.